The molecule has 30 heavy (non-hydrogen) atoms. The molecule has 0 atom stereocenters. The molecule has 0 aliphatic heterocycles. The summed E-state index contributed by atoms with van der Waals surface area (Å²) in [5, 5.41) is 0. The topological polar surface area (TPSA) is 18.5 Å². The van der Waals surface area contributed by atoms with Gasteiger partial charge in [0.05, 0.1) is 11.7 Å². The molecule has 2 aliphatic carbocycles. The maximum absolute atomic E-state index is 14.7. The van der Waals surface area contributed by atoms with Crippen molar-refractivity contribution in [2.45, 2.75) is 90.1 Å². The number of hydrogen-bond donors (Lipinski definition) is 0. The van der Waals surface area contributed by atoms with Crippen molar-refractivity contribution in [3.05, 3.63) is 34.6 Å². The van der Waals surface area contributed by atoms with Gasteiger partial charge in [0.1, 0.15) is 5.82 Å². The second-order valence-electron chi connectivity index (χ2n) is 9.27. The molecule has 2 saturated carbocycles. The van der Waals surface area contributed by atoms with Gasteiger partial charge in [0, 0.05) is 19.8 Å². The van der Waals surface area contributed by atoms with E-state index in [0.717, 1.165) is 51.9 Å². The van der Waals surface area contributed by atoms with Crippen molar-refractivity contribution in [1.82, 2.24) is 0 Å². The molecule has 0 spiro atoms. The molecule has 0 bridgehead atoms. The highest BCUT2D eigenvalue weighted by atomic mass is 19.3. The lowest BCUT2D eigenvalue weighted by atomic mass is 9.81. The van der Waals surface area contributed by atoms with E-state index < -0.39 is 17.8 Å². The Morgan fingerprint density at radius 3 is 2.17 bits per heavy atom. The van der Waals surface area contributed by atoms with Gasteiger partial charge in [-0.05, 0) is 93.6 Å². The van der Waals surface area contributed by atoms with Crippen LogP contribution in [0.2, 0.25) is 0 Å². The van der Waals surface area contributed by atoms with Crippen LogP contribution in [-0.2, 0) is 9.47 Å². The zero-order chi connectivity index (χ0) is 21.5. The van der Waals surface area contributed by atoms with E-state index in [0.29, 0.717) is 23.0 Å². The molecule has 0 unspecified atom stereocenters. The van der Waals surface area contributed by atoms with E-state index in [1.807, 2.05) is 0 Å². The fourth-order valence-electron chi connectivity index (χ4n) is 5.06. The molecule has 0 saturated heterocycles. The molecule has 2 aliphatic rings. The quantitative estimate of drug-likeness (QED) is 0.384. The van der Waals surface area contributed by atoms with Gasteiger partial charge in [-0.1, -0.05) is 19.1 Å². The molecule has 2 fully saturated rings. The molecule has 0 amide bonds. The molecule has 1 aromatic carbocycles. The average molecular weight is 427 g/mol. The van der Waals surface area contributed by atoms with Crippen LogP contribution in [0.4, 0.5) is 13.2 Å². The Bertz CT molecular complexity index is 648. The first-order valence-corrected chi connectivity index (χ1v) is 11.8. The summed E-state index contributed by atoms with van der Waals surface area (Å²) in [6, 6.07) is 3.33. The normalized spacial score (nSPS) is 27.5. The van der Waals surface area contributed by atoms with E-state index in [-0.39, 0.29) is 12.0 Å². The Morgan fingerprint density at radius 2 is 1.57 bits per heavy atom. The van der Waals surface area contributed by atoms with Crippen molar-refractivity contribution >= 4 is 0 Å². The fraction of sp³-hybridized carbons (Fsp3) is 0.760. The van der Waals surface area contributed by atoms with E-state index in [1.54, 1.807) is 19.1 Å². The lowest BCUT2D eigenvalue weighted by Gasteiger charge is -2.32. The van der Waals surface area contributed by atoms with Crippen LogP contribution in [0.25, 0.3) is 0 Å². The predicted molar refractivity (Wildman–Crippen MR) is 114 cm³/mol. The summed E-state index contributed by atoms with van der Waals surface area (Å²) in [6.45, 7) is 6.26. The molecule has 0 heterocycles. The van der Waals surface area contributed by atoms with Crippen molar-refractivity contribution in [3.63, 3.8) is 0 Å². The SMILES string of the molecule is CCCOCC1CCC(COC2CCC(c3ccc(C)c(C(F)F)c3F)CC2)CC1. The summed E-state index contributed by atoms with van der Waals surface area (Å²) in [6.07, 6.45) is 6.75. The molecule has 3 rings (SSSR count). The molecule has 0 N–H and O–H groups in total. The first-order valence-electron chi connectivity index (χ1n) is 11.8. The summed E-state index contributed by atoms with van der Waals surface area (Å²) >= 11 is 0. The van der Waals surface area contributed by atoms with E-state index in [2.05, 4.69) is 6.92 Å². The number of aryl methyl sites for hydroxylation is 1. The van der Waals surface area contributed by atoms with Crippen LogP contribution >= 0.6 is 0 Å². The summed E-state index contributed by atoms with van der Waals surface area (Å²) < 4.78 is 53.0. The third-order valence-electron chi connectivity index (χ3n) is 7.00. The summed E-state index contributed by atoms with van der Waals surface area (Å²) in [4.78, 5) is 0. The Labute approximate surface area is 179 Å². The van der Waals surface area contributed by atoms with Gasteiger partial charge in [0.25, 0.3) is 6.43 Å². The van der Waals surface area contributed by atoms with Gasteiger partial charge in [0.2, 0.25) is 0 Å². The number of ether oxygens (including phenoxy) is 2. The lowest BCUT2D eigenvalue weighted by molar-refractivity contribution is -0.00911. The van der Waals surface area contributed by atoms with Gasteiger partial charge < -0.3 is 9.47 Å². The van der Waals surface area contributed by atoms with Crippen LogP contribution in [0.15, 0.2) is 12.1 Å². The number of hydrogen-bond acceptors (Lipinski definition) is 2. The second-order valence-corrected chi connectivity index (χ2v) is 9.27. The maximum Gasteiger partial charge on any atom is 0.266 e. The Morgan fingerprint density at radius 1 is 0.933 bits per heavy atom. The average Bonchev–Trinajstić information content (AvgIpc) is 2.74. The fourth-order valence-corrected chi connectivity index (χ4v) is 5.06. The molecule has 5 heteroatoms. The van der Waals surface area contributed by atoms with Gasteiger partial charge in [-0.15, -0.1) is 0 Å². The third-order valence-corrected chi connectivity index (χ3v) is 7.00. The van der Waals surface area contributed by atoms with Crippen molar-refractivity contribution in [1.29, 1.82) is 0 Å². The molecular formula is C25H37F3O2. The van der Waals surface area contributed by atoms with Crippen LogP contribution in [0.1, 0.15) is 93.7 Å². The summed E-state index contributed by atoms with van der Waals surface area (Å²) in [7, 11) is 0. The van der Waals surface area contributed by atoms with Crippen LogP contribution in [0, 0.1) is 24.6 Å². The van der Waals surface area contributed by atoms with Crippen LogP contribution in [-0.4, -0.2) is 25.9 Å². The highest BCUT2D eigenvalue weighted by molar-refractivity contribution is 5.36. The first-order chi connectivity index (χ1) is 14.5. The van der Waals surface area contributed by atoms with Gasteiger partial charge in [-0.3, -0.25) is 0 Å². The van der Waals surface area contributed by atoms with Crippen LogP contribution < -0.4 is 0 Å². The standard InChI is InChI=1S/C25H37F3O2/c1-3-14-29-15-18-5-7-19(8-6-18)16-30-21-11-9-20(10-12-21)22-13-4-17(2)23(24(22)26)25(27)28/h4,13,18-21,25H,3,5-12,14-16H2,1-2H3. The Kier molecular flexibility index (Phi) is 9.06. The predicted octanol–water partition coefficient (Wildman–Crippen LogP) is 7.35. The lowest BCUT2D eigenvalue weighted by Crippen LogP contribution is -2.26. The van der Waals surface area contributed by atoms with E-state index in [4.69, 9.17) is 9.47 Å². The minimum absolute atomic E-state index is 0.0153. The first kappa shape index (κ1) is 23.6. The van der Waals surface area contributed by atoms with Crippen LogP contribution in [0.5, 0.6) is 0 Å². The highest BCUT2D eigenvalue weighted by Gasteiger charge is 2.29. The van der Waals surface area contributed by atoms with Gasteiger partial charge in [0.15, 0.2) is 0 Å². The molecule has 0 radical (unpaired) electrons. The maximum atomic E-state index is 14.7. The van der Waals surface area contributed by atoms with Crippen molar-refractivity contribution in [2.24, 2.45) is 11.8 Å². The van der Waals surface area contributed by atoms with Crippen molar-refractivity contribution < 1.29 is 22.6 Å². The van der Waals surface area contributed by atoms with Crippen molar-refractivity contribution in [3.8, 4) is 0 Å². The number of rotatable bonds is 9. The number of alkyl halides is 2. The molecule has 170 valence electrons. The zero-order valence-electron chi connectivity index (χ0n) is 18.5. The molecule has 1 aromatic rings. The molecule has 2 nitrogen and oxygen atoms in total. The zero-order valence-corrected chi connectivity index (χ0v) is 18.5. The minimum Gasteiger partial charge on any atom is -0.381 e. The van der Waals surface area contributed by atoms with Gasteiger partial charge in [-0.2, -0.15) is 0 Å². The number of benzene rings is 1. The van der Waals surface area contributed by atoms with Crippen molar-refractivity contribution in [2.75, 3.05) is 19.8 Å². The van der Waals surface area contributed by atoms with E-state index in [1.165, 1.54) is 25.7 Å². The smallest absolute Gasteiger partial charge is 0.266 e. The number of halogens is 3. The van der Waals surface area contributed by atoms with E-state index in [9.17, 15) is 13.2 Å². The third kappa shape index (κ3) is 6.23. The van der Waals surface area contributed by atoms with Crippen LogP contribution in [0.3, 0.4) is 0 Å². The summed E-state index contributed by atoms with van der Waals surface area (Å²) in [5.74, 6) is 0.648. The van der Waals surface area contributed by atoms with Gasteiger partial charge >= 0.3 is 0 Å². The Balaban J connectivity index is 1.40. The summed E-state index contributed by atoms with van der Waals surface area (Å²) in [5.41, 5.74) is 0.356. The largest absolute Gasteiger partial charge is 0.381 e. The van der Waals surface area contributed by atoms with E-state index >= 15 is 0 Å². The monoisotopic (exact) mass is 426 g/mol. The van der Waals surface area contributed by atoms with Gasteiger partial charge in [-0.25, -0.2) is 13.2 Å². The highest BCUT2D eigenvalue weighted by Crippen LogP contribution is 2.39. The molecular weight excluding hydrogens is 389 g/mol. The minimum atomic E-state index is -2.77. The second kappa shape index (κ2) is 11.5. The Hall–Kier alpha value is -1.07. The molecule has 0 aromatic heterocycles.